The van der Waals surface area contributed by atoms with Crippen LogP contribution in [0.4, 0.5) is 0 Å². The predicted molar refractivity (Wildman–Crippen MR) is 75.6 cm³/mol. The maximum Gasteiger partial charge on any atom is 0.0238 e. The summed E-state index contributed by atoms with van der Waals surface area (Å²) in [5.74, 6) is 7.48. The molecule has 1 rings (SSSR count). The summed E-state index contributed by atoms with van der Waals surface area (Å²) in [7, 11) is 0. The molecule has 3 unspecified atom stereocenters. The molecule has 0 aliphatic heterocycles. The van der Waals surface area contributed by atoms with Gasteiger partial charge in [0.05, 0.1) is 0 Å². The zero-order valence-electron chi connectivity index (χ0n) is 11.9. The number of rotatable bonds is 8. The highest BCUT2D eigenvalue weighted by atomic mass is 15.2. The Bertz CT molecular complexity index is 182. The summed E-state index contributed by atoms with van der Waals surface area (Å²) in [6.07, 6.45) is 13.7. The molecule has 3 atom stereocenters. The van der Waals surface area contributed by atoms with E-state index in [0.717, 1.165) is 11.8 Å². The quantitative estimate of drug-likeness (QED) is 0.382. The molecule has 0 heterocycles. The standard InChI is InChI=1S/C15H32N2/c1-3-4-5-6-7-11-15(17-16)14-10-8-9-13(2)12-14/h13-15,17H,3-12,16H2,1-2H3. The first-order valence-electron chi connectivity index (χ1n) is 7.74. The van der Waals surface area contributed by atoms with Gasteiger partial charge in [0.2, 0.25) is 0 Å². The van der Waals surface area contributed by atoms with E-state index >= 15 is 0 Å². The Morgan fingerprint density at radius 2 is 1.94 bits per heavy atom. The Morgan fingerprint density at radius 1 is 1.18 bits per heavy atom. The van der Waals surface area contributed by atoms with E-state index in [2.05, 4.69) is 19.3 Å². The van der Waals surface area contributed by atoms with Crippen LogP contribution >= 0.6 is 0 Å². The minimum atomic E-state index is 0.569. The minimum absolute atomic E-state index is 0.569. The van der Waals surface area contributed by atoms with Crippen molar-refractivity contribution >= 4 is 0 Å². The topological polar surface area (TPSA) is 38.0 Å². The number of hydrazine groups is 1. The van der Waals surface area contributed by atoms with Crippen molar-refractivity contribution in [1.82, 2.24) is 5.43 Å². The van der Waals surface area contributed by atoms with Crippen molar-refractivity contribution in [2.75, 3.05) is 0 Å². The van der Waals surface area contributed by atoms with Gasteiger partial charge < -0.3 is 0 Å². The molecular weight excluding hydrogens is 208 g/mol. The molecule has 0 saturated heterocycles. The fraction of sp³-hybridized carbons (Fsp3) is 1.00. The highest BCUT2D eigenvalue weighted by Gasteiger charge is 2.25. The fourth-order valence-corrected chi connectivity index (χ4v) is 3.27. The summed E-state index contributed by atoms with van der Waals surface area (Å²) in [6.45, 7) is 4.66. The van der Waals surface area contributed by atoms with Gasteiger partial charge in [-0.25, -0.2) is 0 Å². The monoisotopic (exact) mass is 240 g/mol. The largest absolute Gasteiger partial charge is 0.271 e. The van der Waals surface area contributed by atoms with Gasteiger partial charge in [0.15, 0.2) is 0 Å². The highest BCUT2D eigenvalue weighted by Crippen LogP contribution is 2.32. The number of unbranched alkanes of at least 4 members (excludes halogenated alkanes) is 4. The Kier molecular flexibility index (Phi) is 7.87. The minimum Gasteiger partial charge on any atom is -0.271 e. The van der Waals surface area contributed by atoms with E-state index in [0.29, 0.717) is 6.04 Å². The van der Waals surface area contributed by atoms with Crippen LogP contribution in [0, 0.1) is 11.8 Å². The maximum absolute atomic E-state index is 5.74. The first-order chi connectivity index (χ1) is 8.27. The van der Waals surface area contributed by atoms with Crippen molar-refractivity contribution in [2.24, 2.45) is 17.7 Å². The SMILES string of the molecule is CCCCCCCC(NN)C1CCCC(C)C1. The Morgan fingerprint density at radius 3 is 2.59 bits per heavy atom. The average molecular weight is 240 g/mol. The van der Waals surface area contributed by atoms with Gasteiger partial charge in [0.25, 0.3) is 0 Å². The maximum atomic E-state index is 5.74. The van der Waals surface area contributed by atoms with E-state index in [1.54, 1.807) is 0 Å². The normalized spacial score (nSPS) is 27.0. The smallest absolute Gasteiger partial charge is 0.0238 e. The van der Waals surface area contributed by atoms with Gasteiger partial charge in [0.1, 0.15) is 0 Å². The van der Waals surface area contributed by atoms with E-state index in [1.165, 1.54) is 64.2 Å². The van der Waals surface area contributed by atoms with Crippen molar-refractivity contribution in [1.29, 1.82) is 0 Å². The first-order valence-corrected chi connectivity index (χ1v) is 7.74. The summed E-state index contributed by atoms with van der Waals surface area (Å²) in [4.78, 5) is 0. The molecule has 3 N–H and O–H groups in total. The molecule has 17 heavy (non-hydrogen) atoms. The van der Waals surface area contributed by atoms with E-state index in [9.17, 15) is 0 Å². The van der Waals surface area contributed by atoms with Gasteiger partial charge in [-0.2, -0.15) is 0 Å². The Labute approximate surface area is 108 Å². The van der Waals surface area contributed by atoms with E-state index in [4.69, 9.17) is 5.84 Å². The van der Waals surface area contributed by atoms with Gasteiger partial charge in [-0.15, -0.1) is 0 Å². The van der Waals surface area contributed by atoms with Crippen LogP contribution in [-0.2, 0) is 0 Å². The van der Waals surface area contributed by atoms with Gasteiger partial charge in [-0.1, -0.05) is 58.8 Å². The summed E-state index contributed by atoms with van der Waals surface area (Å²) < 4.78 is 0. The summed E-state index contributed by atoms with van der Waals surface area (Å²) in [5.41, 5.74) is 3.08. The molecule has 2 nitrogen and oxygen atoms in total. The van der Waals surface area contributed by atoms with Crippen molar-refractivity contribution in [3.8, 4) is 0 Å². The lowest BCUT2D eigenvalue weighted by Crippen LogP contribution is -2.42. The zero-order valence-corrected chi connectivity index (χ0v) is 11.9. The van der Waals surface area contributed by atoms with Gasteiger partial charge >= 0.3 is 0 Å². The Hall–Kier alpha value is -0.0800. The molecule has 0 bridgehead atoms. The van der Waals surface area contributed by atoms with Crippen LogP contribution in [0.1, 0.15) is 78.1 Å². The molecule has 1 aliphatic carbocycles. The van der Waals surface area contributed by atoms with E-state index < -0.39 is 0 Å². The first kappa shape index (κ1) is 15.0. The number of nitrogens with one attached hydrogen (secondary N) is 1. The second-order valence-corrected chi connectivity index (χ2v) is 6.01. The molecule has 102 valence electrons. The van der Waals surface area contributed by atoms with Crippen LogP contribution < -0.4 is 11.3 Å². The molecule has 0 aromatic carbocycles. The van der Waals surface area contributed by atoms with Crippen LogP contribution in [-0.4, -0.2) is 6.04 Å². The molecular formula is C15H32N2. The van der Waals surface area contributed by atoms with Gasteiger partial charge in [-0.3, -0.25) is 11.3 Å². The van der Waals surface area contributed by atoms with Crippen LogP contribution in [0.15, 0.2) is 0 Å². The van der Waals surface area contributed by atoms with Crippen LogP contribution in [0.2, 0.25) is 0 Å². The fourth-order valence-electron chi connectivity index (χ4n) is 3.27. The third-order valence-electron chi connectivity index (χ3n) is 4.38. The van der Waals surface area contributed by atoms with Crippen molar-refractivity contribution in [3.05, 3.63) is 0 Å². The van der Waals surface area contributed by atoms with Crippen LogP contribution in [0.5, 0.6) is 0 Å². The zero-order chi connectivity index (χ0) is 12.5. The number of hydrogen-bond acceptors (Lipinski definition) is 2. The molecule has 0 spiro atoms. The van der Waals surface area contributed by atoms with Gasteiger partial charge in [0, 0.05) is 6.04 Å². The van der Waals surface area contributed by atoms with Crippen molar-refractivity contribution in [2.45, 2.75) is 84.1 Å². The molecule has 0 aromatic heterocycles. The molecule has 0 aromatic rings. The second kappa shape index (κ2) is 8.93. The third-order valence-corrected chi connectivity index (χ3v) is 4.38. The van der Waals surface area contributed by atoms with E-state index in [-0.39, 0.29) is 0 Å². The molecule has 0 radical (unpaired) electrons. The number of nitrogens with two attached hydrogens (primary N) is 1. The number of hydrogen-bond donors (Lipinski definition) is 2. The molecule has 0 amide bonds. The lowest BCUT2D eigenvalue weighted by Gasteiger charge is -2.33. The molecule has 1 fully saturated rings. The van der Waals surface area contributed by atoms with Crippen molar-refractivity contribution in [3.63, 3.8) is 0 Å². The summed E-state index contributed by atoms with van der Waals surface area (Å²) >= 11 is 0. The van der Waals surface area contributed by atoms with Gasteiger partial charge in [-0.05, 0) is 31.1 Å². The van der Waals surface area contributed by atoms with Crippen LogP contribution in [0.25, 0.3) is 0 Å². The van der Waals surface area contributed by atoms with Crippen LogP contribution in [0.3, 0.4) is 0 Å². The molecule has 1 saturated carbocycles. The average Bonchev–Trinajstić information content (AvgIpc) is 2.34. The molecule has 1 aliphatic rings. The second-order valence-electron chi connectivity index (χ2n) is 6.01. The lowest BCUT2D eigenvalue weighted by atomic mass is 9.77. The lowest BCUT2D eigenvalue weighted by molar-refractivity contribution is 0.213. The molecule has 2 heteroatoms. The van der Waals surface area contributed by atoms with E-state index in [1.807, 2.05) is 0 Å². The highest BCUT2D eigenvalue weighted by molar-refractivity contribution is 4.80. The predicted octanol–water partition coefficient (Wildman–Crippen LogP) is 4.01. The third kappa shape index (κ3) is 5.87. The summed E-state index contributed by atoms with van der Waals surface area (Å²) in [5, 5.41) is 0. The Balaban J connectivity index is 2.18. The summed E-state index contributed by atoms with van der Waals surface area (Å²) in [6, 6.07) is 0.569. The van der Waals surface area contributed by atoms with Crippen molar-refractivity contribution < 1.29 is 0 Å².